The monoisotopic (exact) mass is 269 g/mol. The average Bonchev–Trinajstić information content (AvgIpc) is 2.45. The maximum absolute atomic E-state index is 5.69. The quantitative estimate of drug-likeness (QED) is 0.892. The second-order valence-electron chi connectivity index (χ2n) is 4.66. The summed E-state index contributed by atoms with van der Waals surface area (Å²) >= 11 is 3.47. The molecule has 1 saturated heterocycles. The molecule has 0 amide bonds. The van der Waals surface area contributed by atoms with Crippen molar-refractivity contribution in [3.63, 3.8) is 0 Å². The van der Waals surface area contributed by atoms with E-state index in [9.17, 15) is 0 Å². The molecule has 0 aromatic heterocycles. The van der Waals surface area contributed by atoms with Crippen molar-refractivity contribution in [2.24, 2.45) is 0 Å². The van der Waals surface area contributed by atoms with Crippen LogP contribution in [-0.4, -0.2) is 18.4 Å². The molecule has 1 aromatic rings. The summed E-state index contributed by atoms with van der Waals surface area (Å²) in [4.78, 5) is 0. The van der Waals surface area contributed by atoms with Crippen molar-refractivity contribution in [1.29, 1.82) is 0 Å². The molecule has 82 valence electrons. The minimum Gasteiger partial charge on any atom is -0.361 e. The fourth-order valence-electron chi connectivity index (χ4n) is 1.82. The summed E-state index contributed by atoms with van der Waals surface area (Å²) in [7, 11) is 0. The fraction of sp³-hybridized carbons (Fsp3) is 0.500. The van der Waals surface area contributed by atoms with E-state index in [-0.39, 0.29) is 11.8 Å². The first kappa shape index (κ1) is 11.1. The smallest absolute Gasteiger partial charge is 0.112 e. The molecule has 0 radical (unpaired) electrons. The first-order valence-electron chi connectivity index (χ1n) is 5.19. The number of halogens is 1. The van der Waals surface area contributed by atoms with Gasteiger partial charge in [-0.15, -0.1) is 0 Å². The molecule has 1 N–H and O–H groups in total. The van der Waals surface area contributed by atoms with E-state index < -0.39 is 0 Å². The van der Waals surface area contributed by atoms with E-state index >= 15 is 0 Å². The third-order valence-electron chi connectivity index (χ3n) is 2.51. The fourth-order valence-corrected chi connectivity index (χ4v) is 2.26. The lowest BCUT2D eigenvalue weighted by Crippen LogP contribution is -2.39. The van der Waals surface area contributed by atoms with Gasteiger partial charge in [0.25, 0.3) is 0 Å². The lowest BCUT2D eigenvalue weighted by molar-refractivity contribution is 0.0987. The zero-order chi connectivity index (χ0) is 10.9. The molecular formula is C12H16BrNO. The summed E-state index contributed by atoms with van der Waals surface area (Å²) in [6.07, 6.45) is 1.07. The minimum atomic E-state index is 0.108. The summed E-state index contributed by atoms with van der Waals surface area (Å²) in [5, 5.41) is 3.46. The van der Waals surface area contributed by atoms with Crippen LogP contribution in [0.1, 0.15) is 19.4 Å². The van der Waals surface area contributed by atoms with Gasteiger partial charge in [-0.1, -0.05) is 28.1 Å². The predicted molar refractivity (Wildman–Crippen MR) is 64.8 cm³/mol. The van der Waals surface area contributed by atoms with Crippen molar-refractivity contribution in [3.05, 3.63) is 34.3 Å². The molecule has 0 aliphatic carbocycles. The van der Waals surface area contributed by atoms with Crippen LogP contribution < -0.4 is 5.32 Å². The number of nitrogens with one attached hydrogen (secondary N) is 1. The van der Waals surface area contributed by atoms with Gasteiger partial charge in [0.2, 0.25) is 0 Å². The summed E-state index contributed by atoms with van der Waals surface area (Å²) in [5.74, 6) is 0. The van der Waals surface area contributed by atoms with Crippen molar-refractivity contribution in [2.45, 2.75) is 32.0 Å². The highest BCUT2D eigenvalue weighted by Gasteiger charge is 2.30. The second-order valence-corrected chi connectivity index (χ2v) is 5.58. The lowest BCUT2D eigenvalue weighted by Gasteiger charge is -2.17. The average molecular weight is 270 g/mol. The Kier molecular flexibility index (Phi) is 3.14. The molecule has 1 aliphatic rings. The Hall–Kier alpha value is -0.380. The van der Waals surface area contributed by atoms with Gasteiger partial charge in [-0.3, -0.25) is 5.32 Å². The highest BCUT2D eigenvalue weighted by molar-refractivity contribution is 9.10. The second kappa shape index (κ2) is 4.24. The summed E-state index contributed by atoms with van der Waals surface area (Å²) in [6, 6.07) is 8.35. The van der Waals surface area contributed by atoms with Crippen LogP contribution in [0.25, 0.3) is 0 Å². The van der Waals surface area contributed by atoms with Gasteiger partial charge >= 0.3 is 0 Å². The van der Waals surface area contributed by atoms with Crippen molar-refractivity contribution in [2.75, 3.05) is 6.61 Å². The van der Waals surface area contributed by atoms with Crippen LogP contribution in [0.4, 0.5) is 0 Å². The van der Waals surface area contributed by atoms with Crippen LogP contribution in [0.15, 0.2) is 28.7 Å². The Morgan fingerprint density at radius 1 is 1.53 bits per heavy atom. The van der Waals surface area contributed by atoms with E-state index in [1.54, 1.807) is 0 Å². The number of hydrogen-bond acceptors (Lipinski definition) is 2. The van der Waals surface area contributed by atoms with E-state index in [1.807, 2.05) is 6.07 Å². The van der Waals surface area contributed by atoms with E-state index in [2.05, 4.69) is 53.3 Å². The van der Waals surface area contributed by atoms with E-state index in [0.29, 0.717) is 0 Å². The molecule has 1 fully saturated rings. The van der Waals surface area contributed by atoms with Crippen LogP contribution in [-0.2, 0) is 11.2 Å². The number of benzene rings is 1. The van der Waals surface area contributed by atoms with Gasteiger partial charge < -0.3 is 4.74 Å². The maximum atomic E-state index is 5.69. The van der Waals surface area contributed by atoms with E-state index in [4.69, 9.17) is 4.74 Å². The molecule has 2 nitrogen and oxygen atoms in total. The SMILES string of the molecule is CC1(C)COC(Cc2cccc(Br)c2)N1. The Labute approximate surface area is 99.1 Å². The zero-order valence-corrected chi connectivity index (χ0v) is 10.7. The van der Waals surface area contributed by atoms with Gasteiger partial charge in [-0.2, -0.15) is 0 Å². The third-order valence-corrected chi connectivity index (χ3v) is 3.00. The van der Waals surface area contributed by atoms with Crippen LogP contribution in [0.2, 0.25) is 0 Å². The van der Waals surface area contributed by atoms with Gasteiger partial charge in [0.1, 0.15) is 6.23 Å². The highest BCUT2D eigenvalue weighted by Crippen LogP contribution is 2.19. The Bertz CT molecular complexity index is 351. The normalized spacial score (nSPS) is 24.3. The molecule has 3 heteroatoms. The molecule has 15 heavy (non-hydrogen) atoms. The molecule has 1 atom stereocenters. The summed E-state index contributed by atoms with van der Waals surface area (Å²) < 4.78 is 6.81. The Morgan fingerprint density at radius 3 is 2.93 bits per heavy atom. The van der Waals surface area contributed by atoms with Gasteiger partial charge in [0.05, 0.1) is 6.61 Å². The first-order chi connectivity index (χ1) is 7.05. The first-order valence-corrected chi connectivity index (χ1v) is 5.98. The minimum absolute atomic E-state index is 0.108. The van der Waals surface area contributed by atoms with Crippen LogP contribution in [0.3, 0.4) is 0 Å². The summed E-state index contributed by atoms with van der Waals surface area (Å²) in [6.45, 7) is 5.10. The van der Waals surface area contributed by atoms with Crippen molar-refractivity contribution in [1.82, 2.24) is 5.32 Å². The maximum Gasteiger partial charge on any atom is 0.112 e. The largest absolute Gasteiger partial charge is 0.361 e. The molecule has 0 spiro atoms. The third kappa shape index (κ3) is 3.03. The molecule has 2 rings (SSSR count). The van der Waals surface area contributed by atoms with Gasteiger partial charge in [0.15, 0.2) is 0 Å². The molecule has 1 unspecified atom stereocenters. The topological polar surface area (TPSA) is 21.3 Å². The van der Waals surface area contributed by atoms with Gasteiger partial charge in [-0.05, 0) is 31.5 Å². The lowest BCUT2D eigenvalue weighted by atomic mass is 10.1. The van der Waals surface area contributed by atoms with E-state index in [0.717, 1.165) is 17.5 Å². The molecule has 1 aliphatic heterocycles. The Morgan fingerprint density at radius 2 is 2.33 bits per heavy atom. The highest BCUT2D eigenvalue weighted by atomic mass is 79.9. The summed E-state index contributed by atoms with van der Waals surface area (Å²) in [5.41, 5.74) is 1.40. The molecule has 0 saturated carbocycles. The van der Waals surface area contributed by atoms with Crippen molar-refractivity contribution >= 4 is 15.9 Å². The molecular weight excluding hydrogens is 254 g/mol. The van der Waals surface area contributed by atoms with E-state index in [1.165, 1.54) is 5.56 Å². The van der Waals surface area contributed by atoms with Crippen molar-refractivity contribution in [3.8, 4) is 0 Å². The van der Waals surface area contributed by atoms with Crippen LogP contribution >= 0.6 is 15.9 Å². The number of hydrogen-bond donors (Lipinski definition) is 1. The Balaban J connectivity index is 1.99. The molecule has 1 heterocycles. The van der Waals surface area contributed by atoms with Crippen LogP contribution in [0.5, 0.6) is 0 Å². The van der Waals surface area contributed by atoms with Gasteiger partial charge in [-0.25, -0.2) is 0 Å². The molecule has 1 aromatic carbocycles. The van der Waals surface area contributed by atoms with Crippen molar-refractivity contribution < 1.29 is 4.74 Å². The zero-order valence-electron chi connectivity index (χ0n) is 9.09. The number of rotatable bonds is 2. The standard InChI is InChI=1S/C12H16BrNO/c1-12(2)8-15-11(14-12)7-9-4-3-5-10(13)6-9/h3-6,11,14H,7-8H2,1-2H3. The molecule has 0 bridgehead atoms. The number of ether oxygens (including phenoxy) is 1. The van der Waals surface area contributed by atoms with Crippen LogP contribution in [0, 0.1) is 0 Å². The van der Waals surface area contributed by atoms with Gasteiger partial charge in [0, 0.05) is 16.4 Å². The predicted octanol–water partition coefficient (Wildman–Crippen LogP) is 2.72.